The molecule has 0 saturated carbocycles. The fourth-order valence-corrected chi connectivity index (χ4v) is 2.52. The van der Waals surface area contributed by atoms with Crippen molar-refractivity contribution in [3.8, 4) is 11.3 Å². The first-order valence-corrected chi connectivity index (χ1v) is 8.81. The summed E-state index contributed by atoms with van der Waals surface area (Å²) < 4.78 is 15.9. The lowest BCUT2D eigenvalue weighted by molar-refractivity contribution is -0.122. The van der Waals surface area contributed by atoms with Gasteiger partial charge in [0.15, 0.2) is 0 Å². The summed E-state index contributed by atoms with van der Waals surface area (Å²) in [6.45, 7) is 3.12. The Hall–Kier alpha value is -1.86. The average molecular weight is 381 g/mol. The zero-order valence-corrected chi connectivity index (χ0v) is 15.9. The van der Waals surface area contributed by atoms with Crippen LogP contribution in [-0.4, -0.2) is 57.9 Å². The van der Waals surface area contributed by atoms with Gasteiger partial charge in [-0.05, 0) is 36.4 Å². The van der Waals surface area contributed by atoms with Crippen LogP contribution in [0.5, 0.6) is 0 Å². The summed E-state index contributed by atoms with van der Waals surface area (Å²) in [5.74, 6) is 1.37. The monoisotopic (exact) mass is 380 g/mol. The topological polar surface area (TPSA) is 63.9 Å². The number of carbonyl (C=O) groups excluding carboxylic acids is 1. The van der Waals surface area contributed by atoms with Crippen molar-refractivity contribution in [2.45, 2.75) is 6.54 Å². The van der Waals surface area contributed by atoms with Crippen LogP contribution in [0.15, 0.2) is 40.8 Å². The van der Waals surface area contributed by atoms with Gasteiger partial charge in [0.2, 0.25) is 5.91 Å². The number of ether oxygens (including phenoxy) is 2. The van der Waals surface area contributed by atoms with Gasteiger partial charge in [0.05, 0.1) is 26.3 Å². The van der Waals surface area contributed by atoms with Crippen LogP contribution in [-0.2, 0) is 20.8 Å². The van der Waals surface area contributed by atoms with Gasteiger partial charge in [0, 0.05) is 37.9 Å². The van der Waals surface area contributed by atoms with Gasteiger partial charge >= 0.3 is 0 Å². The molecule has 1 N–H and O–H groups in total. The lowest BCUT2D eigenvalue weighted by atomic mass is 10.2. The molecular weight excluding hydrogens is 356 g/mol. The summed E-state index contributed by atoms with van der Waals surface area (Å²) >= 11 is 5.90. The van der Waals surface area contributed by atoms with E-state index in [1.807, 2.05) is 41.3 Å². The molecule has 0 radical (unpaired) electrons. The molecule has 0 spiro atoms. The quantitative estimate of drug-likeness (QED) is 0.649. The van der Waals surface area contributed by atoms with Crippen LogP contribution < -0.4 is 5.32 Å². The number of hydrogen-bond acceptors (Lipinski definition) is 5. The van der Waals surface area contributed by atoms with Crippen LogP contribution in [0.1, 0.15) is 5.76 Å². The van der Waals surface area contributed by atoms with Crippen molar-refractivity contribution < 1.29 is 18.7 Å². The van der Waals surface area contributed by atoms with Gasteiger partial charge in [0.25, 0.3) is 0 Å². The lowest BCUT2D eigenvalue weighted by Crippen LogP contribution is -2.40. The van der Waals surface area contributed by atoms with Crippen LogP contribution in [0.2, 0.25) is 5.02 Å². The van der Waals surface area contributed by atoms with Crippen LogP contribution in [0.3, 0.4) is 0 Å². The van der Waals surface area contributed by atoms with Gasteiger partial charge in [-0.15, -0.1) is 0 Å². The van der Waals surface area contributed by atoms with Gasteiger partial charge < -0.3 is 19.2 Å². The number of rotatable bonds is 11. The molecule has 2 aromatic rings. The van der Waals surface area contributed by atoms with Crippen molar-refractivity contribution in [3.05, 3.63) is 47.2 Å². The SMILES string of the molecule is COCCN(CCOC)CC(=O)NCc1ccc(-c2ccc(Cl)cc2)o1. The molecule has 0 atom stereocenters. The summed E-state index contributed by atoms with van der Waals surface area (Å²) in [6.07, 6.45) is 0. The standard InChI is InChI=1S/C19H25ClN2O4/c1-24-11-9-22(10-12-25-2)14-19(23)21-13-17-7-8-18(26-17)15-3-5-16(20)6-4-15/h3-8H,9-14H2,1-2H3,(H,21,23). The zero-order chi connectivity index (χ0) is 18.8. The second-order valence-electron chi connectivity index (χ2n) is 5.81. The number of benzene rings is 1. The molecule has 1 aromatic carbocycles. The largest absolute Gasteiger partial charge is 0.459 e. The molecule has 1 heterocycles. The number of hydrogen-bond donors (Lipinski definition) is 1. The number of nitrogens with one attached hydrogen (secondary N) is 1. The molecule has 0 fully saturated rings. The molecule has 1 amide bonds. The van der Waals surface area contributed by atoms with Crippen LogP contribution in [0.4, 0.5) is 0 Å². The fraction of sp³-hybridized carbons (Fsp3) is 0.421. The third-order valence-electron chi connectivity index (χ3n) is 3.84. The van der Waals surface area contributed by atoms with E-state index in [0.717, 1.165) is 11.3 Å². The van der Waals surface area contributed by atoms with Crippen LogP contribution in [0.25, 0.3) is 11.3 Å². The number of nitrogens with zero attached hydrogens (tertiary/aromatic N) is 1. The maximum atomic E-state index is 12.2. The first-order valence-electron chi connectivity index (χ1n) is 8.44. The smallest absolute Gasteiger partial charge is 0.234 e. The van der Waals surface area contributed by atoms with Gasteiger partial charge in [-0.1, -0.05) is 11.6 Å². The highest BCUT2D eigenvalue weighted by Gasteiger charge is 2.11. The summed E-state index contributed by atoms with van der Waals surface area (Å²) in [4.78, 5) is 14.2. The van der Waals surface area contributed by atoms with Crippen molar-refractivity contribution in [2.75, 3.05) is 47.1 Å². The fourth-order valence-electron chi connectivity index (χ4n) is 2.40. The van der Waals surface area contributed by atoms with Crippen molar-refractivity contribution in [1.82, 2.24) is 10.2 Å². The highest BCUT2D eigenvalue weighted by atomic mass is 35.5. The molecule has 1 aromatic heterocycles. The number of methoxy groups -OCH3 is 2. The van der Waals surface area contributed by atoms with E-state index in [9.17, 15) is 4.79 Å². The Morgan fingerprint density at radius 2 is 1.73 bits per heavy atom. The molecule has 7 heteroatoms. The summed E-state index contributed by atoms with van der Waals surface area (Å²) in [6, 6.07) is 11.2. The number of carbonyl (C=O) groups is 1. The number of amides is 1. The molecule has 0 unspecified atom stereocenters. The van der Waals surface area contributed by atoms with Gasteiger partial charge in [-0.3, -0.25) is 9.69 Å². The van der Waals surface area contributed by atoms with E-state index in [0.29, 0.717) is 43.6 Å². The summed E-state index contributed by atoms with van der Waals surface area (Å²) in [5, 5.41) is 3.56. The minimum Gasteiger partial charge on any atom is -0.459 e. The van der Waals surface area contributed by atoms with Crippen molar-refractivity contribution in [2.24, 2.45) is 0 Å². The van der Waals surface area contributed by atoms with E-state index in [4.69, 9.17) is 25.5 Å². The van der Waals surface area contributed by atoms with Gasteiger partial charge in [0.1, 0.15) is 11.5 Å². The molecule has 0 aliphatic carbocycles. The Kier molecular flexibility index (Phi) is 8.64. The minimum absolute atomic E-state index is 0.0679. The third kappa shape index (κ3) is 6.80. The summed E-state index contributed by atoms with van der Waals surface area (Å²) in [7, 11) is 3.29. The Labute approximate surface area is 159 Å². The van der Waals surface area contributed by atoms with Gasteiger partial charge in [-0.2, -0.15) is 0 Å². The van der Waals surface area contributed by atoms with E-state index in [1.165, 1.54) is 0 Å². The van der Waals surface area contributed by atoms with E-state index in [2.05, 4.69) is 5.32 Å². The Morgan fingerprint density at radius 3 is 2.35 bits per heavy atom. The molecule has 142 valence electrons. The third-order valence-corrected chi connectivity index (χ3v) is 4.09. The highest BCUT2D eigenvalue weighted by molar-refractivity contribution is 6.30. The number of halogens is 1. The van der Waals surface area contributed by atoms with Gasteiger partial charge in [-0.25, -0.2) is 0 Å². The highest BCUT2D eigenvalue weighted by Crippen LogP contribution is 2.23. The van der Waals surface area contributed by atoms with Crippen LogP contribution in [0, 0.1) is 0 Å². The van der Waals surface area contributed by atoms with E-state index >= 15 is 0 Å². The first-order chi connectivity index (χ1) is 12.6. The summed E-state index contributed by atoms with van der Waals surface area (Å²) in [5.41, 5.74) is 0.942. The molecule has 0 aliphatic rings. The Morgan fingerprint density at radius 1 is 1.08 bits per heavy atom. The molecular formula is C19H25ClN2O4. The maximum absolute atomic E-state index is 12.2. The van der Waals surface area contributed by atoms with Crippen LogP contribution >= 0.6 is 11.6 Å². The Bertz CT molecular complexity index is 664. The van der Waals surface area contributed by atoms with E-state index < -0.39 is 0 Å². The molecule has 26 heavy (non-hydrogen) atoms. The molecule has 0 bridgehead atoms. The first kappa shape index (κ1) is 20.5. The van der Waals surface area contributed by atoms with Crippen molar-refractivity contribution in [3.63, 3.8) is 0 Å². The van der Waals surface area contributed by atoms with Crippen molar-refractivity contribution in [1.29, 1.82) is 0 Å². The Balaban J connectivity index is 1.83. The lowest BCUT2D eigenvalue weighted by Gasteiger charge is -2.20. The maximum Gasteiger partial charge on any atom is 0.234 e. The average Bonchev–Trinajstić information content (AvgIpc) is 3.12. The predicted octanol–water partition coefficient (Wildman–Crippen LogP) is 2.81. The van der Waals surface area contributed by atoms with E-state index in [1.54, 1.807) is 14.2 Å². The molecule has 2 rings (SSSR count). The van der Waals surface area contributed by atoms with Crippen molar-refractivity contribution >= 4 is 17.5 Å². The minimum atomic E-state index is -0.0679. The zero-order valence-electron chi connectivity index (χ0n) is 15.2. The number of furan rings is 1. The molecule has 0 saturated heterocycles. The second-order valence-corrected chi connectivity index (χ2v) is 6.25. The molecule has 0 aliphatic heterocycles. The normalized spacial score (nSPS) is 11.1. The van der Waals surface area contributed by atoms with E-state index in [-0.39, 0.29) is 12.5 Å². The second kappa shape index (κ2) is 11.0. The predicted molar refractivity (Wildman–Crippen MR) is 101 cm³/mol. The molecule has 6 nitrogen and oxygen atoms in total.